The molecule has 2 saturated carbocycles. The van der Waals surface area contributed by atoms with Crippen LogP contribution in [0.4, 0.5) is 0 Å². The van der Waals surface area contributed by atoms with Crippen molar-refractivity contribution in [1.82, 2.24) is 9.79 Å². The minimum absolute atomic E-state index is 0.0556. The van der Waals surface area contributed by atoms with Gasteiger partial charge in [-0.3, -0.25) is 4.79 Å². The Labute approximate surface area is 138 Å². The number of nitrogens with one attached hydrogen (secondary N) is 1. The molecule has 1 aliphatic heterocycles. The fourth-order valence-electron chi connectivity index (χ4n) is 5.41. The average Bonchev–Trinajstić information content (AvgIpc) is 2.90. The molecule has 7 heteroatoms. The van der Waals surface area contributed by atoms with E-state index in [1.807, 2.05) is 19.3 Å². The van der Waals surface area contributed by atoms with E-state index in [-0.39, 0.29) is 28.5 Å². The van der Waals surface area contributed by atoms with Gasteiger partial charge in [-0.2, -0.15) is 5.48 Å². The highest BCUT2D eigenvalue weighted by Crippen LogP contribution is 2.70. The molecule has 1 heterocycles. The van der Waals surface area contributed by atoms with Crippen LogP contribution in [0.15, 0.2) is 0 Å². The molecule has 6 nitrogen and oxygen atoms in total. The van der Waals surface area contributed by atoms with Crippen LogP contribution in [0.2, 0.25) is 0 Å². The number of fused-ring (bicyclic) bond motifs is 1. The van der Waals surface area contributed by atoms with Crippen LogP contribution >= 0.6 is 0 Å². The summed E-state index contributed by atoms with van der Waals surface area (Å²) in [6, 6.07) is -1.10. The highest BCUT2D eigenvalue weighted by molar-refractivity contribution is 7.90. The van der Waals surface area contributed by atoms with Gasteiger partial charge in [0.2, 0.25) is 10.0 Å². The van der Waals surface area contributed by atoms with Gasteiger partial charge in [0.05, 0.1) is 11.8 Å². The van der Waals surface area contributed by atoms with Gasteiger partial charge < -0.3 is 5.21 Å². The Balaban J connectivity index is 1.96. The molecule has 0 unspecified atom stereocenters. The third-order valence-electron chi connectivity index (χ3n) is 6.79. The highest BCUT2D eigenvalue weighted by atomic mass is 32.2. The number of hydroxylamine groups is 1. The first-order chi connectivity index (χ1) is 10.6. The van der Waals surface area contributed by atoms with E-state index >= 15 is 0 Å². The van der Waals surface area contributed by atoms with Crippen molar-refractivity contribution in [2.24, 2.45) is 22.7 Å². The summed E-state index contributed by atoms with van der Waals surface area (Å²) in [6.45, 7) is 8.20. The third kappa shape index (κ3) is 2.19. The van der Waals surface area contributed by atoms with Gasteiger partial charge in [0.1, 0.15) is 6.04 Å². The lowest BCUT2D eigenvalue weighted by Crippen LogP contribution is -2.51. The molecule has 3 rings (SSSR count). The molecule has 2 aliphatic carbocycles. The number of hydrogen-bond acceptors (Lipinski definition) is 5. The predicted octanol–water partition coefficient (Wildman–Crippen LogP) is 1.75. The average molecular weight is 344 g/mol. The lowest BCUT2D eigenvalue weighted by atomic mass is 9.69. The lowest BCUT2D eigenvalue weighted by Gasteiger charge is -2.37. The number of sulfonamides is 1. The summed E-state index contributed by atoms with van der Waals surface area (Å²) in [5.41, 5.74) is 1.66. The zero-order valence-corrected chi connectivity index (χ0v) is 15.2. The topological polar surface area (TPSA) is 86.7 Å². The Hall–Kier alpha value is -0.660. The first-order valence-electron chi connectivity index (χ1n) is 8.52. The largest absolute Gasteiger partial charge is 0.316 e. The Morgan fingerprint density at radius 1 is 1.39 bits per heavy atom. The summed E-state index contributed by atoms with van der Waals surface area (Å²) in [5.74, 6) is 0.231. The second-order valence-electron chi connectivity index (χ2n) is 8.57. The van der Waals surface area contributed by atoms with Crippen LogP contribution in [0.25, 0.3) is 0 Å². The van der Waals surface area contributed by atoms with Crippen molar-refractivity contribution >= 4 is 15.9 Å². The number of hydrogen-bond donors (Lipinski definition) is 2. The van der Waals surface area contributed by atoms with Crippen LogP contribution in [0.3, 0.4) is 0 Å². The molecular weight excluding hydrogens is 316 g/mol. The quantitative estimate of drug-likeness (QED) is 0.759. The van der Waals surface area contributed by atoms with Crippen molar-refractivity contribution in [3.8, 4) is 0 Å². The number of carbonyl (C=O) groups excluding carboxylic acids is 1. The van der Waals surface area contributed by atoms with E-state index in [0.29, 0.717) is 12.3 Å². The van der Waals surface area contributed by atoms with E-state index in [1.54, 1.807) is 0 Å². The molecule has 2 N–H and O–H groups in total. The molecule has 0 aromatic carbocycles. The van der Waals surface area contributed by atoms with Gasteiger partial charge in [0.15, 0.2) is 0 Å². The first-order valence-corrected chi connectivity index (χ1v) is 10.1. The van der Waals surface area contributed by atoms with Crippen molar-refractivity contribution in [3.63, 3.8) is 0 Å². The van der Waals surface area contributed by atoms with E-state index in [0.717, 1.165) is 23.6 Å². The van der Waals surface area contributed by atoms with Crippen molar-refractivity contribution in [1.29, 1.82) is 0 Å². The lowest BCUT2D eigenvalue weighted by molar-refractivity contribution is -0.134. The predicted molar refractivity (Wildman–Crippen MR) is 86.1 cm³/mol. The fourth-order valence-corrected chi connectivity index (χ4v) is 7.99. The molecule has 1 saturated heterocycles. The van der Waals surface area contributed by atoms with Gasteiger partial charge in [-0.15, -0.1) is 0 Å². The van der Waals surface area contributed by atoms with Crippen LogP contribution < -0.4 is 5.48 Å². The van der Waals surface area contributed by atoms with E-state index in [4.69, 9.17) is 0 Å². The van der Waals surface area contributed by atoms with Gasteiger partial charge >= 0.3 is 0 Å². The molecule has 1 spiro atoms. The summed E-state index contributed by atoms with van der Waals surface area (Å²) < 4.78 is 26.7. The molecule has 2 bridgehead atoms. The van der Waals surface area contributed by atoms with Gasteiger partial charge in [0.25, 0.3) is 5.91 Å². The van der Waals surface area contributed by atoms with E-state index < -0.39 is 22.0 Å². The van der Waals surface area contributed by atoms with Crippen LogP contribution in [-0.4, -0.2) is 41.7 Å². The third-order valence-corrected chi connectivity index (χ3v) is 8.70. The second kappa shape index (κ2) is 5.17. The summed E-state index contributed by atoms with van der Waals surface area (Å²) in [7, 11) is -3.62. The maximum Gasteiger partial charge on any atom is 0.255 e. The van der Waals surface area contributed by atoms with Gasteiger partial charge in [-0.1, -0.05) is 27.7 Å². The molecule has 0 aromatic heterocycles. The molecule has 3 fully saturated rings. The van der Waals surface area contributed by atoms with Crippen LogP contribution in [0.5, 0.6) is 0 Å². The monoisotopic (exact) mass is 344 g/mol. The zero-order valence-electron chi connectivity index (χ0n) is 14.4. The molecule has 0 radical (unpaired) electrons. The minimum atomic E-state index is -3.62. The van der Waals surface area contributed by atoms with E-state index in [9.17, 15) is 18.4 Å². The summed E-state index contributed by atoms with van der Waals surface area (Å²) in [6.07, 6.45) is 3.10. The SMILES string of the molecule is CC(C)C[C@H](NO)C(=O)N1[C@H]2C[C@@H]3CC[C@@]2(CS1(=O)=O)C3(C)C. The van der Waals surface area contributed by atoms with Crippen LogP contribution in [0, 0.1) is 22.7 Å². The van der Waals surface area contributed by atoms with Crippen LogP contribution in [0.1, 0.15) is 53.4 Å². The van der Waals surface area contributed by atoms with E-state index in [2.05, 4.69) is 13.8 Å². The Bertz CT molecular complexity index is 616. The normalized spacial score (nSPS) is 38.1. The van der Waals surface area contributed by atoms with Gasteiger partial charge in [0, 0.05) is 5.41 Å². The zero-order chi connectivity index (χ0) is 17.2. The second-order valence-corrected chi connectivity index (χ2v) is 10.4. The fraction of sp³-hybridized carbons (Fsp3) is 0.938. The molecule has 132 valence electrons. The van der Waals surface area contributed by atoms with Crippen molar-refractivity contribution in [2.45, 2.75) is 65.5 Å². The first kappa shape index (κ1) is 17.2. The maximum atomic E-state index is 12.9. The van der Waals surface area contributed by atoms with Crippen molar-refractivity contribution in [3.05, 3.63) is 0 Å². The molecule has 1 amide bonds. The molecule has 23 heavy (non-hydrogen) atoms. The Kier molecular flexibility index (Phi) is 3.86. The summed E-state index contributed by atoms with van der Waals surface area (Å²) >= 11 is 0. The van der Waals surface area contributed by atoms with Crippen molar-refractivity contribution < 1.29 is 18.4 Å². The van der Waals surface area contributed by atoms with Crippen molar-refractivity contribution in [2.75, 3.05) is 5.75 Å². The standard InChI is InChI=1S/C16H28N2O4S/c1-10(2)7-12(17-20)14(19)18-13-8-11-5-6-16(13,15(11,3)4)9-23(18,21)22/h10-13,17,20H,5-9H2,1-4H3/t11-,12-,13-,16-/m0/s1. The van der Waals surface area contributed by atoms with Crippen LogP contribution in [-0.2, 0) is 14.8 Å². The van der Waals surface area contributed by atoms with Gasteiger partial charge in [-0.05, 0) is 42.9 Å². The smallest absolute Gasteiger partial charge is 0.255 e. The summed E-state index contributed by atoms with van der Waals surface area (Å²) in [5, 5.41) is 9.36. The Morgan fingerprint density at radius 3 is 2.57 bits per heavy atom. The number of amides is 1. The molecule has 4 atom stereocenters. The molecular formula is C16H28N2O4S. The minimum Gasteiger partial charge on any atom is -0.316 e. The Morgan fingerprint density at radius 2 is 2.04 bits per heavy atom. The molecule has 0 aromatic rings. The number of rotatable bonds is 4. The number of nitrogens with zero attached hydrogens (tertiary/aromatic N) is 1. The summed E-state index contributed by atoms with van der Waals surface area (Å²) in [4.78, 5) is 12.9. The van der Waals surface area contributed by atoms with E-state index in [1.165, 1.54) is 0 Å². The van der Waals surface area contributed by atoms with Gasteiger partial charge in [-0.25, -0.2) is 12.7 Å². The highest BCUT2D eigenvalue weighted by Gasteiger charge is 2.72. The maximum absolute atomic E-state index is 12.9. The number of carbonyl (C=O) groups is 1. The molecule has 3 aliphatic rings.